The first-order chi connectivity index (χ1) is 5.11. The quantitative estimate of drug-likeness (QED) is 0.587. The summed E-state index contributed by atoms with van der Waals surface area (Å²) in [5, 5.41) is 18.0. The van der Waals surface area contributed by atoms with Gasteiger partial charge in [0.05, 0.1) is 0 Å². The predicted molar refractivity (Wildman–Crippen MR) is 49.6 cm³/mol. The molecule has 12 heavy (non-hydrogen) atoms. The monoisotopic (exact) mass is 189 g/mol. The maximum Gasteiger partial charge on any atom is 0.157 e. The molecule has 0 bridgehead atoms. The van der Waals surface area contributed by atoms with E-state index < -0.39 is 0 Å². The number of rotatable bonds is 1. The summed E-state index contributed by atoms with van der Waals surface area (Å²) in [6.07, 6.45) is 0. The van der Waals surface area contributed by atoms with Gasteiger partial charge in [0.15, 0.2) is 11.5 Å². The third-order valence-corrected chi connectivity index (χ3v) is 1.53. The normalized spacial score (nSPS) is 11.8. The zero-order valence-corrected chi connectivity index (χ0v) is 7.51. The van der Waals surface area contributed by atoms with Crippen LogP contribution in [0.15, 0.2) is 18.2 Å². The van der Waals surface area contributed by atoms with Crippen LogP contribution >= 0.6 is 12.4 Å². The summed E-state index contributed by atoms with van der Waals surface area (Å²) in [6, 6.07) is 4.44. The Hall–Kier alpha value is -0.930. The molecule has 0 aliphatic rings. The average molecular weight is 190 g/mol. The van der Waals surface area contributed by atoms with Crippen LogP contribution in [-0.4, -0.2) is 10.2 Å². The van der Waals surface area contributed by atoms with E-state index in [0.29, 0.717) is 0 Å². The third-order valence-electron chi connectivity index (χ3n) is 1.53. The maximum atomic E-state index is 9.04. The van der Waals surface area contributed by atoms with Crippen molar-refractivity contribution in [1.29, 1.82) is 0 Å². The van der Waals surface area contributed by atoms with Gasteiger partial charge in [-0.2, -0.15) is 0 Å². The number of hydrogen-bond donors (Lipinski definition) is 3. The van der Waals surface area contributed by atoms with Crippen LogP contribution in [-0.2, 0) is 0 Å². The molecule has 0 aliphatic heterocycles. The minimum atomic E-state index is -0.125. The highest BCUT2D eigenvalue weighted by Gasteiger charge is 2.02. The molecule has 0 radical (unpaired) electrons. The van der Waals surface area contributed by atoms with Crippen LogP contribution in [0.1, 0.15) is 18.5 Å². The number of hydrogen-bond acceptors (Lipinski definition) is 3. The molecule has 0 saturated heterocycles. The maximum absolute atomic E-state index is 9.04. The second kappa shape index (κ2) is 4.18. The highest BCUT2D eigenvalue weighted by atomic mass is 35.5. The van der Waals surface area contributed by atoms with E-state index in [2.05, 4.69) is 0 Å². The van der Waals surface area contributed by atoms with Crippen LogP contribution in [0, 0.1) is 0 Å². The molecule has 1 rings (SSSR count). The van der Waals surface area contributed by atoms with E-state index >= 15 is 0 Å². The van der Waals surface area contributed by atoms with Crippen LogP contribution in [0.4, 0.5) is 0 Å². The highest BCUT2D eigenvalue weighted by Crippen LogP contribution is 2.26. The Labute approximate surface area is 77.2 Å². The molecule has 1 aromatic rings. The summed E-state index contributed by atoms with van der Waals surface area (Å²) in [7, 11) is 0. The fraction of sp³-hybridized carbons (Fsp3) is 0.250. The van der Waals surface area contributed by atoms with Gasteiger partial charge in [-0.15, -0.1) is 12.4 Å². The average Bonchev–Trinajstić information content (AvgIpc) is 1.94. The molecule has 0 aliphatic carbocycles. The number of benzene rings is 1. The fourth-order valence-electron chi connectivity index (χ4n) is 0.824. The first-order valence-electron chi connectivity index (χ1n) is 3.38. The lowest BCUT2D eigenvalue weighted by atomic mass is 10.1. The smallest absolute Gasteiger partial charge is 0.157 e. The molecule has 0 unspecified atom stereocenters. The Kier molecular flexibility index (Phi) is 3.86. The molecule has 4 N–H and O–H groups in total. The number of nitrogens with two attached hydrogens (primary N) is 1. The highest BCUT2D eigenvalue weighted by molar-refractivity contribution is 5.85. The summed E-state index contributed by atoms with van der Waals surface area (Å²) >= 11 is 0. The van der Waals surface area contributed by atoms with E-state index in [0.717, 1.165) is 5.56 Å². The van der Waals surface area contributed by atoms with Gasteiger partial charge in [0.25, 0.3) is 0 Å². The molecule has 0 aromatic heterocycles. The minimum absolute atomic E-state index is 0. The summed E-state index contributed by atoms with van der Waals surface area (Å²) in [5.41, 5.74) is 6.35. The van der Waals surface area contributed by atoms with Crippen molar-refractivity contribution in [3.63, 3.8) is 0 Å². The Morgan fingerprint density at radius 3 is 2.25 bits per heavy atom. The summed E-state index contributed by atoms with van der Waals surface area (Å²) < 4.78 is 0. The molecule has 0 amide bonds. The van der Waals surface area contributed by atoms with E-state index in [1.54, 1.807) is 6.07 Å². The molecule has 68 valence electrons. The first-order valence-corrected chi connectivity index (χ1v) is 3.38. The molecule has 0 fully saturated rings. The molecule has 1 atom stereocenters. The van der Waals surface area contributed by atoms with Crippen molar-refractivity contribution in [2.75, 3.05) is 0 Å². The van der Waals surface area contributed by atoms with E-state index in [9.17, 15) is 0 Å². The first kappa shape index (κ1) is 11.1. The molecule has 4 heteroatoms. The van der Waals surface area contributed by atoms with Gasteiger partial charge in [0.2, 0.25) is 0 Å². The van der Waals surface area contributed by atoms with Gasteiger partial charge in [0, 0.05) is 6.04 Å². The van der Waals surface area contributed by atoms with Gasteiger partial charge in [-0.25, -0.2) is 0 Å². The molecule has 0 spiro atoms. The SMILES string of the molecule is C[C@H](N)c1ccc(O)c(O)c1.Cl. The Bertz CT molecular complexity index is 263. The van der Waals surface area contributed by atoms with Crippen LogP contribution in [0.2, 0.25) is 0 Å². The van der Waals surface area contributed by atoms with Gasteiger partial charge in [0.1, 0.15) is 0 Å². The van der Waals surface area contributed by atoms with Gasteiger partial charge >= 0.3 is 0 Å². The van der Waals surface area contributed by atoms with E-state index in [-0.39, 0.29) is 29.9 Å². The molecule has 3 nitrogen and oxygen atoms in total. The predicted octanol–water partition coefficient (Wildman–Crippen LogP) is 1.54. The third kappa shape index (κ3) is 2.29. The van der Waals surface area contributed by atoms with Crippen LogP contribution in [0.5, 0.6) is 11.5 Å². The van der Waals surface area contributed by atoms with Crippen molar-refractivity contribution in [2.45, 2.75) is 13.0 Å². The number of halogens is 1. The Morgan fingerprint density at radius 1 is 1.25 bits per heavy atom. The van der Waals surface area contributed by atoms with Gasteiger partial charge in [-0.1, -0.05) is 6.07 Å². The Morgan fingerprint density at radius 2 is 1.83 bits per heavy atom. The van der Waals surface area contributed by atoms with E-state index in [4.69, 9.17) is 15.9 Å². The second-order valence-corrected chi connectivity index (χ2v) is 2.54. The van der Waals surface area contributed by atoms with Crippen LogP contribution in [0.3, 0.4) is 0 Å². The second-order valence-electron chi connectivity index (χ2n) is 2.54. The van der Waals surface area contributed by atoms with Crippen LogP contribution in [0.25, 0.3) is 0 Å². The van der Waals surface area contributed by atoms with Gasteiger partial charge in [-0.05, 0) is 24.6 Å². The lowest BCUT2D eigenvalue weighted by Crippen LogP contribution is -2.04. The van der Waals surface area contributed by atoms with Crippen molar-refractivity contribution in [3.8, 4) is 11.5 Å². The van der Waals surface area contributed by atoms with Crippen molar-refractivity contribution in [1.82, 2.24) is 0 Å². The van der Waals surface area contributed by atoms with Crippen molar-refractivity contribution < 1.29 is 10.2 Å². The molecular formula is C8H12ClNO2. The Balaban J connectivity index is 0.00000121. The fourth-order valence-corrected chi connectivity index (χ4v) is 0.824. The van der Waals surface area contributed by atoms with Gasteiger partial charge in [-0.3, -0.25) is 0 Å². The minimum Gasteiger partial charge on any atom is -0.504 e. The van der Waals surface area contributed by atoms with Crippen molar-refractivity contribution in [2.24, 2.45) is 5.73 Å². The summed E-state index contributed by atoms with van der Waals surface area (Å²) in [5.74, 6) is -0.241. The summed E-state index contributed by atoms with van der Waals surface area (Å²) in [4.78, 5) is 0. The van der Waals surface area contributed by atoms with E-state index in [1.165, 1.54) is 12.1 Å². The van der Waals surface area contributed by atoms with Crippen LogP contribution < -0.4 is 5.73 Å². The zero-order chi connectivity index (χ0) is 8.43. The van der Waals surface area contributed by atoms with Gasteiger partial charge < -0.3 is 15.9 Å². The topological polar surface area (TPSA) is 66.5 Å². The lowest BCUT2D eigenvalue weighted by molar-refractivity contribution is 0.403. The molecule has 0 heterocycles. The summed E-state index contributed by atoms with van der Waals surface area (Å²) in [6.45, 7) is 1.81. The molecule has 1 aromatic carbocycles. The zero-order valence-electron chi connectivity index (χ0n) is 6.69. The van der Waals surface area contributed by atoms with E-state index in [1.807, 2.05) is 6.92 Å². The van der Waals surface area contributed by atoms with Crippen molar-refractivity contribution >= 4 is 12.4 Å². The molecular weight excluding hydrogens is 178 g/mol. The number of phenols is 2. The number of aromatic hydroxyl groups is 2. The number of phenolic OH excluding ortho intramolecular Hbond substituents is 2. The van der Waals surface area contributed by atoms with Crippen molar-refractivity contribution in [3.05, 3.63) is 23.8 Å². The standard InChI is InChI=1S/C8H11NO2.ClH/c1-5(9)6-2-3-7(10)8(11)4-6;/h2-5,10-11H,9H2,1H3;1H/t5-;/m0./s1. The molecule has 0 saturated carbocycles. The largest absolute Gasteiger partial charge is 0.504 e. The lowest BCUT2D eigenvalue weighted by Gasteiger charge is -2.05.